The quantitative estimate of drug-likeness (QED) is 0.724. The van der Waals surface area contributed by atoms with Gasteiger partial charge in [0.15, 0.2) is 0 Å². The van der Waals surface area contributed by atoms with Gasteiger partial charge in [-0.15, -0.1) is 0 Å². The number of nitrogens with zero attached hydrogens (tertiary/aromatic N) is 1. The first-order chi connectivity index (χ1) is 7.68. The van der Waals surface area contributed by atoms with Crippen LogP contribution >= 0.6 is 0 Å². The van der Waals surface area contributed by atoms with Crippen LogP contribution in [0.3, 0.4) is 0 Å². The van der Waals surface area contributed by atoms with E-state index in [0.29, 0.717) is 19.0 Å². The van der Waals surface area contributed by atoms with Gasteiger partial charge < -0.3 is 15.4 Å². The minimum Gasteiger partial charge on any atom is -0.389 e. The third-order valence-corrected chi connectivity index (χ3v) is 3.37. The van der Waals surface area contributed by atoms with Gasteiger partial charge in [0.05, 0.1) is 12.1 Å². The smallest absolute Gasteiger partial charge is 0.120 e. The van der Waals surface area contributed by atoms with Crippen LogP contribution in [0.1, 0.15) is 38.4 Å². The lowest BCUT2D eigenvalue weighted by Gasteiger charge is -2.35. The molecule has 1 heterocycles. The number of imidazole rings is 1. The van der Waals surface area contributed by atoms with Crippen LogP contribution in [0.5, 0.6) is 0 Å². The topological polar surface area (TPSA) is 60.9 Å². The van der Waals surface area contributed by atoms with Crippen LogP contribution in [0.25, 0.3) is 0 Å². The molecule has 0 bridgehead atoms. The zero-order valence-electron chi connectivity index (χ0n) is 9.87. The van der Waals surface area contributed by atoms with Gasteiger partial charge in [-0.25, -0.2) is 4.98 Å². The molecule has 1 aromatic rings. The molecule has 1 saturated carbocycles. The summed E-state index contributed by atoms with van der Waals surface area (Å²) in [7, 11) is 0. The average molecular weight is 223 g/mol. The molecule has 2 atom stereocenters. The zero-order chi connectivity index (χ0) is 11.4. The molecule has 0 spiro atoms. The number of aliphatic hydroxyl groups is 1. The van der Waals surface area contributed by atoms with E-state index in [1.54, 1.807) is 6.20 Å². The molecule has 0 aliphatic heterocycles. The molecule has 0 amide bonds. The van der Waals surface area contributed by atoms with E-state index in [4.69, 9.17) is 0 Å². The van der Waals surface area contributed by atoms with Crippen molar-refractivity contribution in [2.75, 3.05) is 6.54 Å². The van der Waals surface area contributed by atoms with Gasteiger partial charge in [0.25, 0.3) is 0 Å². The Hall–Kier alpha value is -0.870. The van der Waals surface area contributed by atoms with E-state index in [0.717, 1.165) is 25.1 Å². The summed E-state index contributed by atoms with van der Waals surface area (Å²) in [6.45, 7) is 3.58. The highest BCUT2D eigenvalue weighted by Crippen LogP contribution is 2.31. The van der Waals surface area contributed by atoms with Gasteiger partial charge in [-0.3, -0.25) is 0 Å². The summed E-state index contributed by atoms with van der Waals surface area (Å²) >= 11 is 0. The molecular weight excluding hydrogens is 202 g/mol. The lowest BCUT2D eigenvalue weighted by Crippen LogP contribution is -2.43. The largest absolute Gasteiger partial charge is 0.389 e. The first-order valence-electron chi connectivity index (χ1n) is 6.09. The highest BCUT2D eigenvalue weighted by molar-refractivity contribution is 4.90. The SMILES string of the molecule is CC1CCCC(O)(CNCc2ncc[nH]2)C1. The molecule has 1 aliphatic carbocycles. The minimum absolute atomic E-state index is 0.510. The molecule has 2 unspecified atom stereocenters. The van der Waals surface area contributed by atoms with Crippen molar-refractivity contribution in [1.82, 2.24) is 15.3 Å². The molecule has 3 N–H and O–H groups in total. The fraction of sp³-hybridized carbons (Fsp3) is 0.750. The van der Waals surface area contributed by atoms with Crippen LogP contribution in [0.2, 0.25) is 0 Å². The summed E-state index contributed by atoms with van der Waals surface area (Å²) in [5.74, 6) is 1.57. The molecule has 1 aromatic heterocycles. The number of nitrogens with one attached hydrogen (secondary N) is 2. The van der Waals surface area contributed by atoms with Crippen molar-refractivity contribution in [3.05, 3.63) is 18.2 Å². The number of hydrogen-bond donors (Lipinski definition) is 3. The predicted molar refractivity (Wildman–Crippen MR) is 62.9 cm³/mol. The molecule has 0 saturated heterocycles. The Morgan fingerprint density at radius 3 is 3.25 bits per heavy atom. The summed E-state index contributed by atoms with van der Waals surface area (Å²) in [6.07, 6.45) is 7.78. The summed E-state index contributed by atoms with van der Waals surface area (Å²) in [6, 6.07) is 0. The average Bonchev–Trinajstić information content (AvgIpc) is 2.69. The maximum absolute atomic E-state index is 10.4. The highest BCUT2D eigenvalue weighted by Gasteiger charge is 2.31. The lowest BCUT2D eigenvalue weighted by atomic mass is 9.79. The van der Waals surface area contributed by atoms with Crippen molar-refractivity contribution < 1.29 is 5.11 Å². The van der Waals surface area contributed by atoms with E-state index < -0.39 is 5.60 Å². The predicted octanol–water partition coefficient (Wildman–Crippen LogP) is 1.44. The second-order valence-corrected chi connectivity index (χ2v) is 5.07. The van der Waals surface area contributed by atoms with Gasteiger partial charge in [0.2, 0.25) is 0 Å². The van der Waals surface area contributed by atoms with Gasteiger partial charge in [0, 0.05) is 18.9 Å². The van der Waals surface area contributed by atoms with Crippen molar-refractivity contribution in [3.63, 3.8) is 0 Å². The first kappa shape index (κ1) is 11.6. The van der Waals surface area contributed by atoms with Crippen molar-refractivity contribution in [2.24, 2.45) is 5.92 Å². The van der Waals surface area contributed by atoms with Crippen LogP contribution in [0, 0.1) is 5.92 Å². The Kier molecular flexibility index (Phi) is 3.61. The van der Waals surface area contributed by atoms with Crippen molar-refractivity contribution in [3.8, 4) is 0 Å². The third kappa shape index (κ3) is 3.06. The minimum atomic E-state index is -0.510. The number of H-pyrrole nitrogens is 1. The molecule has 0 aromatic carbocycles. The van der Waals surface area contributed by atoms with E-state index in [1.165, 1.54) is 6.42 Å². The highest BCUT2D eigenvalue weighted by atomic mass is 16.3. The van der Waals surface area contributed by atoms with Crippen LogP contribution < -0.4 is 5.32 Å². The third-order valence-electron chi connectivity index (χ3n) is 3.37. The number of aromatic amines is 1. The molecule has 0 radical (unpaired) electrons. The van der Waals surface area contributed by atoms with E-state index in [-0.39, 0.29) is 0 Å². The van der Waals surface area contributed by atoms with Crippen LogP contribution in [0.4, 0.5) is 0 Å². The standard InChI is InChI=1S/C12H21N3O/c1-10-3-2-4-12(16,7-10)9-13-8-11-14-5-6-15-11/h5-6,10,13,16H,2-4,7-9H2,1H3,(H,14,15). The van der Waals surface area contributed by atoms with E-state index in [2.05, 4.69) is 22.2 Å². The number of rotatable bonds is 4. The molecular formula is C12H21N3O. The Balaban J connectivity index is 1.76. The fourth-order valence-corrected chi connectivity index (χ4v) is 2.60. The van der Waals surface area contributed by atoms with E-state index in [9.17, 15) is 5.11 Å². The molecule has 90 valence electrons. The molecule has 1 aliphatic rings. The maximum Gasteiger partial charge on any atom is 0.120 e. The fourth-order valence-electron chi connectivity index (χ4n) is 2.60. The zero-order valence-corrected chi connectivity index (χ0v) is 9.87. The monoisotopic (exact) mass is 223 g/mol. The Morgan fingerprint density at radius 2 is 2.56 bits per heavy atom. The Morgan fingerprint density at radius 1 is 1.69 bits per heavy atom. The van der Waals surface area contributed by atoms with E-state index in [1.807, 2.05) is 6.20 Å². The van der Waals surface area contributed by atoms with Crippen molar-refractivity contribution in [2.45, 2.75) is 44.8 Å². The molecule has 4 heteroatoms. The van der Waals surface area contributed by atoms with Crippen molar-refractivity contribution in [1.29, 1.82) is 0 Å². The normalized spacial score (nSPS) is 30.5. The second-order valence-electron chi connectivity index (χ2n) is 5.07. The molecule has 4 nitrogen and oxygen atoms in total. The lowest BCUT2D eigenvalue weighted by molar-refractivity contribution is -0.0120. The van der Waals surface area contributed by atoms with E-state index >= 15 is 0 Å². The molecule has 2 rings (SSSR count). The molecule has 16 heavy (non-hydrogen) atoms. The van der Waals surface area contributed by atoms with Crippen LogP contribution in [0.15, 0.2) is 12.4 Å². The maximum atomic E-state index is 10.4. The summed E-state index contributed by atoms with van der Waals surface area (Å²) in [5, 5.41) is 13.7. The molecule has 1 fully saturated rings. The number of hydrogen-bond acceptors (Lipinski definition) is 3. The summed E-state index contributed by atoms with van der Waals surface area (Å²) < 4.78 is 0. The second kappa shape index (κ2) is 4.97. The van der Waals surface area contributed by atoms with Gasteiger partial charge >= 0.3 is 0 Å². The van der Waals surface area contributed by atoms with Gasteiger partial charge in [-0.05, 0) is 18.8 Å². The Bertz CT molecular complexity index is 312. The summed E-state index contributed by atoms with van der Waals surface area (Å²) in [5.41, 5.74) is -0.510. The number of aromatic nitrogens is 2. The van der Waals surface area contributed by atoms with Crippen molar-refractivity contribution >= 4 is 0 Å². The Labute approximate surface area is 96.5 Å². The van der Waals surface area contributed by atoms with Crippen LogP contribution in [-0.2, 0) is 6.54 Å². The van der Waals surface area contributed by atoms with Gasteiger partial charge in [-0.2, -0.15) is 0 Å². The van der Waals surface area contributed by atoms with Gasteiger partial charge in [0.1, 0.15) is 5.82 Å². The van der Waals surface area contributed by atoms with Crippen LogP contribution in [-0.4, -0.2) is 27.2 Å². The summed E-state index contributed by atoms with van der Waals surface area (Å²) in [4.78, 5) is 7.18. The first-order valence-corrected chi connectivity index (χ1v) is 6.09. The van der Waals surface area contributed by atoms with Gasteiger partial charge in [-0.1, -0.05) is 19.8 Å².